The van der Waals surface area contributed by atoms with Crippen molar-refractivity contribution in [1.29, 1.82) is 0 Å². The number of anilines is 1. The Morgan fingerprint density at radius 1 is 0.855 bits per heavy atom. The second kappa shape index (κ2) is 15.3. The zero-order chi connectivity index (χ0) is 39.0. The first-order valence-corrected chi connectivity index (χ1v) is 18.9. The van der Waals surface area contributed by atoms with Crippen molar-refractivity contribution in [3.8, 4) is 22.8 Å². The van der Waals surface area contributed by atoms with Gasteiger partial charge >= 0.3 is 6.09 Å². The first-order chi connectivity index (χ1) is 26.3. The number of carbonyl (C=O) groups excluding carboxylic acids is 1. The Morgan fingerprint density at radius 3 is 2.13 bits per heavy atom. The van der Waals surface area contributed by atoms with Crippen LogP contribution in [0.25, 0.3) is 44.0 Å². The second-order valence-corrected chi connectivity index (χ2v) is 15.5. The molecule has 55 heavy (non-hydrogen) atoms. The van der Waals surface area contributed by atoms with Gasteiger partial charge in [-0.3, -0.25) is 4.79 Å². The summed E-state index contributed by atoms with van der Waals surface area (Å²) in [4.78, 5) is 39.5. The third-order valence-corrected chi connectivity index (χ3v) is 10.2. The highest BCUT2D eigenvalue weighted by molar-refractivity contribution is 6.22. The number of aryl methyl sites for hydroxylation is 2. The molecular weight excluding hydrogens is 695 g/mol. The Kier molecular flexibility index (Phi) is 10.5. The maximum Gasteiger partial charge on any atom is 0.410 e. The number of fused-ring (bicyclic) bond motifs is 5. The van der Waals surface area contributed by atoms with Crippen LogP contribution in [0.3, 0.4) is 0 Å². The normalized spacial score (nSPS) is 13.7. The van der Waals surface area contributed by atoms with Gasteiger partial charge in [-0.1, -0.05) is 18.2 Å². The molecule has 1 aliphatic rings. The number of aromatic nitrogens is 4. The SMILES string of the molecule is COc1ccc(Cn2nc(C)c3c4c(c(-c5ccc(OC)cc5)nc32)c(=O)n(CCCN(C)C)c2cc(N3CCN(C(=O)OC(C)(C)C)CC3)ccc42)cc1. The molecule has 1 aliphatic heterocycles. The Labute approximate surface area is 321 Å². The van der Waals surface area contributed by atoms with E-state index in [4.69, 9.17) is 24.3 Å². The van der Waals surface area contributed by atoms with E-state index >= 15 is 4.79 Å². The summed E-state index contributed by atoms with van der Waals surface area (Å²) in [5.41, 5.74) is 5.21. The van der Waals surface area contributed by atoms with E-state index in [-0.39, 0.29) is 11.7 Å². The average Bonchev–Trinajstić information content (AvgIpc) is 3.48. The second-order valence-electron chi connectivity index (χ2n) is 15.5. The molecule has 0 spiro atoms. The molecule has 3 aromatic heterocycles. The Bertz CT molecular complexity index is 2400. The van der Waals surface area contributed by atoms with Crippen molar-refractivity contribution in [3.05, 3.63) is 88.3 Å². The molecule has 12 nitrogen and oxygen atoms in total. The number of piperazine rings is 1. The lowest BCUT2D eigenvalue weighted by Gasteiger charge is -2.37. The molecule has 4 heterocycles. The minimum absolute atomic E-state index is 0.0873. The Morgan fingerprint density at radius 2 is 1.51 bits per heavy atom. The molecule has 0 bridgehead atoms. The summed E-state index contributed by atoms with van der Waals surface area (Å²) in [5.74, 6) is 1.51. The van der Waals surface area contributed by atoms with Gasteiger partial charge in [0, 0.05) is 54.7 Å². The molecule has 12 heteroatoms. The lowest BCUT2D eigenvalue weighted by atomic mass is 9.97. The molecule has 0 aliphatic carbocycles. The highest BCUT2D eigenvalue weighted by Gasteiger charge is 2.28. The summed E-state index contributed by atoms with van der Waals surface area (Å²) in [7, 11) is 7.39. The smallest absolute Gasteiger partial charge is 0.410 e. The number of pyridine rings is 2. The average molecular weight is 746 g/mol. The van der Waals surface area contributed by atoms with E-state index in [0.717, 1.165) is 68.6 Å². The van der Waals surface area contributed by atoms with Crippen LogP contribution in [0.4, 0.5) is 10.5 Å². The van der Waals surface area contributed by atoms with Crippen LogP contribution in [0, 0.1) is 6.92 Å². The van der Waals surface area contributed by atoms with Gasteiger partial charge in [0.05, 0.1) is 48.4 Å². The number of benzene rings is 3. The van der Waals surface area contributed by atoms with Gasteiger partial charge in [0.25, 0.3) is 5.56 Å². The van der Waals surface area contributed by atoms with Gasteiger partial charge in [0.1, 0.15) is 17.1 Å². The van der Waals surface area contributed by atoms with Gasteiger partial charge in [-0.25, -0.2) is 14.5 Å². The minimum Gasteiger partial charge on any atom is -0.497 e. The van der Waals surface area contributed by atoms with Crippen molar-refractivity contribution in [2.45, 2.75) is 52.8 Å². The molecule has 1 saturated heterocycles. The maximum absolute atomic E-state index is 15.1. The molecule has 6 aromatic rings. The van der Waals surface area contributed by atoms with E-state index < -0.39 is 5.60 Å². The van der Waals surface area contributed by atoms with Crippen LogP contribution in [-0.2, 0) is 17.8 Å². The van der Waals surface area contributed by atoms with Gasteiger partial charge in [0.2, 0.25) is 0 Å². The summed E-state index contributed by atoms with van der Waals surface area (Å²) in [6, 6.07) is 22.1. The van der Waals surface area contributed by atoms with Crippen LogP contribution >= 0.6 is 0 Å². The molecule has 0 unspecified atom stereocenters. The minimum atomic E-state index is -0.551. The van der Waals surface area contributed by atoms with Crippen molar-refractivity contribution in [1.82, 2.24) is 29.1 Å². The summed E-state index contributed by atoms with van der Waals surface area (Å²) >= 11 is 0. The van der Waals surface area contributed by atoms with Gasteiger partial charge in [-0.2, -0.15) is 5.10 Å². The van der Waals surface area contributed by atoms with E-state index in [9.17, 15) is 4.79 Å². The standard InChI is InChI=1S/C43H51N7O5/c1-28-36-37-34-19-14-31(47-22-24-48(25-23-47)42(52)55-43(2,3)4)26-35(34)49(21-9-20-46(5)6)41(51)38(37)39(30-12-17-33(54-8)18-13-30)44-40(36)50(45-28)27-29-10-15-32(53-7)16-11-29/h10-19,26H,9,20-25,27H2,1-8H3. The number of ether oxygens (including phenoxy) is 3. The van der Waals surface area contributed by atoms with Crippen molar-refractivity contribution < 1.29 is 19.0 Å². The third-order valence-electron chi connectivity index (χ3n) is 10.2. The number of hydrogen-bond donors (Lipinski definition) is 0. The van der Waals surface area contributed by atoms with Crippen molar-refractivity contribution in [2.75, 3.05) is 65.9 Å². The predicted molar refractivity (Wildman–Crippen MR) is 219 cm³/mol. The van der Waals surface area contributed by atoms with E-state index in [1.807, 2.05) is 99.6 Å². The first kappa shape index (κ1) is 37.7. The molecule has 0 radical (unpaired) electrons. The van der Waals surface area contributed by atoms with Crippen LogP contribution < -0.4 is 19.9 Å². The number of carbonyl (C=O) groups is 1. The number of nitrogens with zero attached hydrogens (tertiary/aromatic N) is 7. The van der Waals surface area contributed by atoms with Crippen LogP contribution in [0.1, 0.15) is 38.4 Å². The Hall–Kier alpha value is -5.62. The van der Waals surface area contributed by atoms with Crippen LogP contribution in [-0.4, -0.2) is 102 Å². The monoisotopic (exact) mass is 745 g/mol. The van der Waals surface area contributed by atoms with Crippen molar-refractivity contribution in [2.24, 2.45) is 0 Å². The highest BCUT2D eigenvalue weighted by atomic mass is 16.6. The molecule has 1 fully saturated rings. The van der Waals surface area contributed by atoms with Gasteiger partial charge in [-0.05, 0) is 109 Å². The lowest BCUT2D eigenvalue weighted by molar-refractivity contribution is 0.0240. The van der Waals surface area contributed by atoms with Crippen LogP contribution in [0.2, 0.25) is 0 Å². The summed E-state index contributed by atoms with van der Waals surface area (Å²) < 4.78 is 20.4. The number of methoxy groups -OCH3 is 2. The summed E-state index contributed by atoms with van der Waals surface area (Å²) in [5, 5.41) is 8.28. The quantitative estimate of drug-likeness (QED) is 0.138. The zero-order valence-corrected chi connectivity index (χ0v) is 33.2. The zero-order valence-electron chi connectivity index (χ0n) is 33.2. The van der Waals surface area contributed by atoms with E-state index in [1.54, 1.807) is 19.1 Å². The summed E-state index contributed by atoms with van der Waals surface area (Å²) in [6.07, 6.45) is 0.499. The summed E-state index contributed by atoms with van der Waals surface area (Å²) in [6.45, 7) is 11.9. The molecule has 0 saturated carbocycles. The van der Waals surface area contributed by atoms with Gasteiger partial charge in [0.15, 0.2) is 5.65 Å². The molecule has 1 amide bonds. The predicted octanol–water partition coefficient (Wildman–Crippen LogP) is 6.95. The van der Waals surface area contributed by atoms with Crippen LogP contribution in [0.5, 0.6) is 11.5 Å². The molecular formula is C43H51N7O5. The molecule has 7 rings (SSSR count). The highest BCUT2D eigenvalue weighted by Crippen LogP contribution is 2.38. The molecule has 288 valence electrons. The van der Waals surface area contributed by atoms with Gasteiger partial charge in [-0.15, -0.1) is 0 Å². The van der Waals surface area contributed by atoms with Crippen molar-refractivity contribution >= 4 is 44.5 Å². The first-order valence-electron chi connectivity index (χ1n) is 18.9. The number of rotatable bonds is 10. The van der Waals surface area contributed by atoms with Gasteiger partial charge < -0.3 is 33.5 Å². The largest absolute Gasteiger partial charge is 0.497 e. The fourth-order valence-electron chi connectivity index (χ4n) is 7.47. The van der Waals surface area contributed by atoms with E-state index in [2.05, 4.69) is 28.0 Å². The molecule has 0 atom stereocenters. The number of hydrogen-bond acceptors (Lipinski definition) is 9. The fourth-order valence-corrected chi connectivity index (χ4v) is 7.47. The van der Waals surface area contributed by atoms with E-state index in [0.29, 0.717) is 56.0 Å². The van der Waals surface area contributed by atoms with E-state index in [1.165, 1.54) is 0 Å². The maximum atomic E-state index is 15.1. The van der Waals surface area contributed by atoms with Crippen molar-refractivity contribution in [3.63, 3.8) is 0 Å². The lowest BCUT2D eigenvalue weighted by Crippen LogP contribution is -2.50. The number of amides is 1. The third kappa shape index (κ3) is 7.68. The van der Waals surface area contributed by atoms with Crippen LogP contribution in [0.15, 0.2) is 71.5 Å². The fraction of sp³-hybridized carbons (Fsp3) is 0.395. The molecule has 3 aromatic carbocycles. The molecule has 0 N–H and O–H groups in total. The Balaban J connectivity index is 1.42. The topological polar surface area (TPSA) is 107 Å².